The van der Waals surface area contributed by atoms with Gasteiger partial charge >= 0.3 is 11.8 Å². The van der Waals surface area contributed by atoms with Gasteiger partial charge in [0.2, 0.25) is 0 Å². The number of unbranched alkanes of at least 4 members (excludes halogenated alkanes) is 1. The lowest BCUT2D eigenvalue weighted by atomic mass is 10.2. The average molecular weight is 314 g/mol. The minimum absolute atomic E-state index is 0.0353. The van der Waals surface area contributed by atoms with Crippen molar-refractivity contribution in [3.05, 3.63) is 33.3 Å². The minimum atomic E-state index is -0.879. The summed E-state index contributed by atoms with van der Waals surface area (Å²) in [5.74, 6) is -1.60. The fourth-order valence-electron chi connectivity index (χ4n) is 1.57. The van der Waals surface area contributed by atoms with E-state index in [2.05, 4.69) is 5.32 Å². The van der Waals surface area contributed by atoms with E-state index in [4.69, 9.17) is 11.6 Å². The van der Waals surface area contributed by atoms with Crippen LogP contribution in [-0.2, 0) is 9.59 Å². The van der Waals surface area contributed by atoms with E-state index in [1.165, 1.54) is 24.1 Å². The van der Waals surface area contributed by atoms with Gasteiger partial charge in [0.15, 0.2) is 0 Å². The van der Waals surface area contributed by atoms with Crippen molar-refractivity contribution in [2.75, 3.05) is 18.9 Å². The van der Waals surface area contributed by atoms with Crippen LogP contribution in [0, 0.1) is 10.1 Å². The number of rotatable bonds is 5. The molecule has 0 heterocycles. The first-order valence-corrected chi connectivity index (χ1v) is 6.75. The van der Waals surface area contributed by atoms with Gasteiger partial charge in [-0.2, -0.15) is 0 Å². The van der Waals surface area contributed by atoms with Crippen molar-refractivity contribution in [3.8, 4) is 0 Å². The molecule has 0 unspecified atom stereocenters. The van der Waals surface area contributed by atoms with Crippen molar-refractivity contribution >= 4 is 34.8 Å². The second kappa shape index (κ2) is 7.58. The molecule has 7 nitrogen and oxygen atoms in total. The van der Waals surface area contributed by atoms with Crippen LogP contribution in [0.5, 0.6) is 0 Å². The third kappa shape index (κ3) is 4.71. The molecule has 0 fully saturated rings. The van der Waals surface area contributed by atoms with Gasteiger partial charge in [0.25, 0.3) is 5.69 Å². The van der Waals surface area contributed by atoms with E-state index < -0.39 is 16.7 Å². The zero-order chi connectivity index (χ0) is 16.0. The van der Waals surface area contributed by atoms with Crippen LogP contribution in [0.4, 0.5) is 11.4 Å². The molecular weight excluding hydrogens is 298 g/mol. The molecule has 0 saturated carbocycles. The molecular formula is C13H16ClN3O4. The minimum Gasteiger partial charge on any atom is -0.338 e. The van der Waals surface area contributed by atoms with Gasteiger partial charge in [0.05, 0.1) is 15.6 Å². The molecule has 0 aliphatic carbocycles. The standard InChI is InChI=1S/C13H16ClN3O4/c1-3-4-7-16(2)13(19)12(18)15-11-8-9(17(20)21)5-6-10(11)14/h5-6,8H,3-4,7H2,1-2H3,(H,15,18). The smallest absolute Gasteiger partial charge is 0.313 e. The summed E-state index contributed by atoms with van der Waals surface area (Å²) < 4.78 is 0. The van der Waals surface area contributed by atoms with Crippen LogP contribution in [0.3, 0.4) is 0 Å². The predicted octanol–water partition coefficient (Wildman–Crippen LogP) is 2.45. The van der Waals surface area contributed by atoms with Crippen LogP contribution in [0.25, 0.3) is 0 Å². The highest BCUT2D eigenvalue weighted by molar-refractivity contribution is 6.41. The van der Waals surface area contributed by atoms with Crippen molar-refractivity contribution < 1.29 is 14.5 Å². The molecule has 114 valence electrons. The number of carbonyl (C=O) groups excluding carboxylic acids is 2. The Morgan fingerprint density at radius 1 is 1.43 bits per heavy atom. The number of amides is 2. The van der Waals surface area contributed by atoms with Gasteiger partial charge in [-0.25, -0.2) is 0 Å². The van der Waals surface area contributed by atoms with Crippen LogP contribution in [0.1, 0.15) is 19.8 Å². The molecule has 1 aromatic carbocycles. The summed E-state index contributed by atoms with van der Waals surface area (Å²) in [7, 11) is 1.52. The molecule has 0 bridgehead atoms. The molecule has 0 aliphatic rings. The second-order valence-corrected chi connectivity index (χ2v) is 4.86. The number of nitrogens with one attached hydrogen (secondary N) is 1. The number of benzene rings is 1. The first-order chi connectivity index (χ1) is 9.86. The summed E-state index contributed by atoms with van der Waals surface area (Å²) in [6.07, 6.45) is 1.68. The SMILES string of the molecule is CCCCN(C)C(=O)C(=O)Nc1cc([N+](=O)[O-])ccc1Cl. The molecule has 0 aromatic heterocycles. The van der Waals surface area contributed by atoms with Crippen molar-refractivity contribution in [2.45, 2.75) is 19.8 Å². The number of nitrogens with zero attached hydrogens (tertiary/aromatic N) is 2. The van der Waals surface area contributed by atoms with E-state index in [0.29, 0.717) is 6.54 Å². The third-order valence-corrected chi connectivity index (χ3v) is 3.13. The maximum atomic E-state index is 11.8. The molecule has 1 rings (SSSR count). The fraction of sp³-hybridized carbons (Fsp3) is 0.385. The largest absolute Gasteiger partial charge is 0.338 e. The quantitative estimate of drug-likeness (QED) is 0.513. The summed E-state index contributed by atoms with van der Waals surface area (Å²) in [6, 6.07) is 3.62. The van der Waals surface area contributed by atoms with Crippen molar-refractivity contribution in [2.24, 2.45) is 0 Å². The summed E-state index contributed by atoms with van der Waals surface area (Å²) in [4.78, 5) is 35.0. The van der Waals surface area contributed by atoms with Crippen LogP contribution in [0.15, 0.2) is 18.2 Å². The van der Waals surface area contributed by atoms with E-state index >= 15 is 0 Å². The molecule has 1 aromatic rings. The third-order valence-electron chi connectivity index (χ3n) is 2.80. The average Bonchev–Trinajstić information content (AvgIpc) is 2.45. The molecule has 2 amide bonds. The number of likely N-dealkylation sites (N-methyl/N-ethyl adjacent to an activating group) is 1. The van der Waals surface area contributed by atoms with E-state index in [0.717, 1.165) is 18.9 Å². The number of hydrogen-bond donors (Lipinski definition) is 1. The van der Waals surface area contributed by atoms with Gasteiger partial charge in [-0.15, -0.1) is 0 Å². The van der Waals surface area contributed by atoms with Gasteiger partial charge in [0, 0.05) is 25.7 Å². The lowest BCUT2D eigenvalue weighted by molar-refractivity contribution is -0.384. The summed E-state index contributed by atoms with van der Waals surface area (Å²) in [5, 5.41) is 13.1. The van der Waals surface area contributed by atoms with Crippen LogP contribution >= 0.6 is 11.6 Å². The Hall–Kier alpha value is -2.15. The van der Waals surface area contributed by atoms with Crippen LogP contribution < -0.4 is 5.32 Å². The molecule has 8 heteroatoms. The molecule has 21 heavy (non-hydrogen) atoms. The van der Waals surface area contributed by atoms with Crippen molar-refractivity contribution in [3.63, 3.8) is 0 Å². The topological polar surface area (TPSA) is 92.6 Å². The number of anilines is 1. The monoisotopic (exact) mass is 313 g/mol. The van der Waals surface area contributed by atoms with E-state index in [9.17, 15) is 19.7 Å². The highest BCUT2D eigenvalue weighted by atomic mass is 35.5. The van der Waals surface area contributed by atoms with Crippen molar-refractivity contribution in [1.29, 1.82) is 0 Å². The van der Waals surface area contributed by atoms with Gasteiger partial charge in [-0.1, -0.05) is 24.9 Å². The molecule has 0 radical (unpaired) electrons. The van der Waals surface area contributed by atoms with Crippen LogP contribution in [-0.4, -0.2) is 35.2 Å². The van der Waals surface area contributed by atoms with Gasteiger partial charge in [0.1, 0.15) is 0 Å². The molecule has 0 spiro atoms. The van der Waals surface area contributed by atoms with E-state index in [-0.39, 0.29) is 16.4 Å². The highest BCUT2D eigenvalue weighted by Crippen LogP contribution is 2.26. The second-order valence-electron chi connectivity index (χ2n) is 4.46. The van der Waals surface area contributed by atoms with Gasteiger partial charge < -0.3 is 10.2 Å². The lowest BCUT2D eigenvalue weighted by Gasteiger charge is -2.16. The fourth-order valence-corrected chi connectivity index (χ4v) is 1.73. The predicted molar refractivity (Wildman–Crippen MR) is 79.3 cm³/mol. The van der Waals surface area contributed by atoms with Gasteiger partial charge in [-0.3, -0.25) is 19.7 Å². The highest BCUT2D eigenvalue weighted by Gasteiger charge is 2.20. The molecule has 0 saturated heterocycles. The normalized spacial score (nSPS) is 10.0. The summed E-state index contributed by atoms with van der Waals surface area (Å²) >= 11 is 5.85. The summed E-state index contributed by atoms with van der Waals surface area (Å²) in [6.45, 7) is 2.44. The zero-order valence-electron chi connectivity index (χ0n) is 11.8. The zero-order valence-corrected chi connectivity index (χ0v) is 12.5. The number of carbonyl (C=O) groups is 2. The Morgan fingerprint density at radius 3 is 2.67 bits per heavy atom. The number of nitro groups is 1. The van der Waals surface area contributed by atoms with E-state index in [1.807, 2.05) is 6.92 Å². The van der Waals surface area contributed by atoms with Gasteiger partial charge in [-0.05, 0) is 12.5 Å². The molecule has 1 N–H and O–H groups in total. The first kappa shape index (κ1) is 16.9. The maximum absolute atomic E-state index is 11.8. The number of non-ortho nitro benzene ring substituents is 1. The molecule has 0 atom stereocenters. The number of hydrogen-bond acceptors (Lipinski definition) is 4. The number of nitro benzene ring substituents is 1. The Bertz CT molecular complexity index is 562. The van der Waals surface area contributed by atoms with Crippen LogP contribution in [0.2, 0.25) is 5.02 Å². The van der Waals surface area contributed by atoms with Crippen molar-refractivity contribution in [1.82, 2.24) is 4.90 Å². The Kier molecular flexibility index (Phi) is 6.10. The summed E-state index contributed by atoms with van der Waals surface area (Å²) in [5.41, 5.74) is -0.186. The lowest BCUT2D eigenvalue weighted by Crippen LogP contribution is -2.37. The Labute approximate surface area is 127 Å². The number of halogens is 1. The maximum Gasteiger partial charge on any atom is 0.313 e. The first-order valence-electron chi connectivity index (χ1n) is 6.37. The Balaban J connectivity index is 2.80. The Morgan fingerprint density at radius 2 is 2.10 bits per heavy atom. The molecule has 0 aliphatic heterocycles. The van der Waals surface area contributed by atoms with E-state index in [1.54, 1.807) is 0 Å².